The van der Waals surface area contributed by atoms with E-state index in [9.17, 15) is 0 Å². The van der Waals surface area contributed by atoms with Crippen LogP contribution in [0.15, 0.2) is 36.8 Å². The topological polar surface area (TPSA) is 63.8 Å². The number of hydrogen-bond acceptors (Lipinski definition) is 4. The van der Waals surface area contributed by atoms with E-state index in [2.05, 4.69) is 34.3 Å². The van der Waals surface area contributed by atoms with Gasteiger partial charge < -0.3 is 11.1 Å². The lowest BCUT2D eigenvalue weighted by Crippen LogP contribution is -1.99. The second-order valence-electron chi connectivity index (χ2n) is 3.51. The molecule has 0 unspecified atom stereocenters. The minimum absolute atomic E-state index is 0.546. The third-order valence-corrected chi connectivity index (χ3v) is 2.34. The van der Waals surface area contributed by atoms with Crippen molar-refractivity contribution in [3.63, 3.8) is 0 Å². The number of nitrogens with one attached hydrogen (secondary N) is 1. The Bertz CT molecular complexity index is 482. The maximum atomic E-state index is 5.75. The molecule has 2 rings (SSSR count). The number of nitrogen functional groups attached to an aromatic ring is 1. The maximum Gasteiger partial charge on any atom is 0.157 e. The lowest BCUT2D eigenvalue weighted by atomic mass is 10.1. The minimum atomic E-state index is 0.546. The number of nitrogens with zero attached hydrogens (tertiary/aromatic N) is 2. The summed E-state index contributed by atoms with van der Waals surface area (Å²) in [6.45, 7) is 2.12. The highest BCUT2D eigenvalue weighted by molar-refractivity contribution is 5.67. The number of hydrogen-bond donors (Lipinski definition) is 2. The third kappa shape index (κ3) is 2.28. The Hall–Kier alpha value is -2.10. The molecule has 0 aliphatic rings. The molecular formula is C12H14N4. The summed E-state index contributed by atoms with van der Waals surface area (Å²) in [5.74, 6) is 0.642. The molecule has 0 spiro atoms. The Balaban J connectivity index is 2.24. The van der Waals surface area contributed by atoms with Gasteiger partial charge in [0.2, 0.25) is 0 Å². The van der Waals surface area contributed by atoms with Gasteiger partial charge in [-0.15, -0.1) is 0 Å². The van der Waals surface area contributed by atoms with Gasteiger partial charge in [0.25, 0.3) is 0 Å². The molecule has 0 saturated carbocycles. The zero-order valence-corrected chi connectivity index (χ0v) is 9.14. The predicted molar refractivity (Wildman–Crippen MR) is 65.5 cm³/mol. The monoisotopic (exact) mass is 214 g/mol. The first kappa shape index (κ1) is 10.4. The van der Waals surface area contributed by atoms with E-state index < -0.39 is 0 Å². The molecule has 16 heavy (non-hydrogen) atoms. The van der Waals surface area contributed by atoms with Crippen LogP contribution < -0.4 is 11.1 Å². The second kappa shape index (κ2) is 4.61. The number of nitrogens with two attached hydrogens (primary N) is 1. The van der Waals surface area contributed by atoms with E-state index in [0.717, 1.165) is 12.1 Å². The number of anilines is 3. The van der Waals surface area contributed by atoms with Gasteiger partial charge in [-0.2, -0.15) is 0 Å². The molecule has 1 heterocycles. The van der Waals surface area contributed by atoms with E-state index in [0.29, 0.717) is 11.5 Å². The van der Waals surface area contributed by atoms with Crippen molar-refractivity contribution in [2.45, 2.75) is 13.3 Å². The summed E-state index contributed by atoms with van der Waals surface area (Å²) in [7, 11) is 0. The maximum absolute atomic E-state index is 5.75. The van der Waals surface area contributed by atoms with Crippen LogP contribution in [0.1, 0.15) is 12.5 Å². The molecule has 1 aromatic heterocycles. The fourth-order valence-electron chi connectivity index (χ4n) is 1.45. The summed E-state index contributed by atoms with van der Waals surface area (Å²) in [5, 5.41) is 3.17. The molecule has 0 saturated heterocycles. The number of aromatic nitrogens is 2. The molecule has 82 valence electrons. The summed E-state index contributed by atoms with van der Waals surface area (Å²) < 4.78 is 0. The zero-order valence-electron chi connectivity index (χ0n) is 9.14. The molecule has 0 atom stereocenters. The van der Waals surface area contributed by atoms with Gasteiger partial charge in [-0.25, -0.2) is 9.97 Å². The van der Waals surface area contributed by atoms with E-state index in [1.165, 1.54) is 11.9 Å². The predicted octanol–water partition coefficient (Wildman–Crippen LogP) is 2.36. The Morgan fingerprint density at radius 2 is 2.25 bits per heavy atom. The van der Waals surface area contributed by atoms with E-state index >= 15 is 0 Å². The van der Waals surface area contributed by atoms with Gasteiger partial charge in [0.1, 0.15) is 6.33 Å². The lowest BCUT2D eigenvalue weighted by Gasteiger charge is -2.08. The highest BCUT2D eigenvalue weighted by atomic mass is 15.0. The first-order chi connectivity index (χ1) is 7.79. The molecule has 0 amide bonds. The molecule has 0 aliphatic carbocycles. The van der Waals surface area contributed by atoms with Crippen LogP contribution in [0.25, 0.3) is 0 Å². The van der Waals surface area contributed by atoms with Gasteiger partial charge in [-0.05, 0) is 24.1 Å². The standard InChI is InChI=1S/C12H14N4/c1-2-9-4-3-5-10(6-9)16-12-11(13)7-14-8-15-12/h3-8H,2,13H2,1H3,(H,14,15,16). The van der Waals surface area contributed by atoms with Crippen LogP contribution in [0.3, 0.4) is 0 Å². The quantitative estimate of drug-likeness (QED) is 0.823. The molecular weight excluding hydrogens is 200 g/mol. The van der Waals surface area contributed by atoms with Crippen molar-refractivity contribution in [3.8, 4) is 0 Å². The number of rotatable bonds is 3. The van der Waals surface area contributed by atoms with Gasteiger partial charge in [0.05, 0.1) is 11.9 Å². The molecule has 4 heteroatoms. The van der Waals surface area contributed by atoms with Gasteiger partial charge in [-0.1, -0.05) is 19.1 Å². The van der Waals surface area contributed by atoms with Crippen LogP contribution in [0.5, 0.6) is 0 Å². The van der Waals surface area contributed by atoms with Crippen LogP contribution in [-0.2, 0) is 6.42 Å². The molecule has 4 nitrogen and oxygen atoms in total. The fourth-order valence-corrected chi connectivity index (χ4v) is 1.45. The van der Waals surface area contributed by atoms with Crippen LogP contribution >= 0.6 is 0 Å². The van der Waals surface area contributed by atoms with Crippen LogP contribution in [0.4, 0.5) is 17.2 Å². The van der Waals surface area contributed by atoms with Crippen LogP contribution in [0.2, 0.25) is 0 Å². The molecule has 0 radical (unpaired) electrons. The van der Waals surface area contributed by atoms with Crippen molar-refractivity contribution in [1.82, 2.24) is 9.97 Å². The summed E-state index contributed by atoms with van der Waals surface area (Å²) in [6, 6.07) is 8.18. The SMILES string of the molecule is CCc1cccc(Nc2ncncc2N)c1. The van der Waals surface area contributed by atoms with E-state index in [1.807, 2.05) is 12.1 Å². The highest BCUT2D eigenvalue weighted by Crippen LogP contribution is 2.19. The van der Waals surface area contributed by atoms with Crippen molar-refractivity contribution in [3.05, 3.63) is 42.4 Å². The van der Waals surface area contributed by atoms with E-state index in [-0.39, 0.29) is 0 Å². The summed E-state index contributed by atoms with van der Waals surface area (Å²) >= 11 is 0. The first-order valence-electron chi connectivity index (χ1n) is 5.21. The zero-order chi connectivity index (χ0) is 11.4. The molecule has 0 aliphatic heterocycles. The first-order valence-corrected chi connectivity index (χ1v) is 5.21. The fraction of sp³-hybridized carbons (Fsp3) is 0.167. The molecule has 3 N–H and O–H groups in total. The van der Waals surface area contributed by atoms with Crippen molar-refractivity contribution >= 4 is 17.2 Å². The Morgan fingerprint density at radius 1 is 1.38 bits per heavy atom. The van der Waals surface area contributed by atoms with Gasteiger partial charge >= 0.3 is 0 Å². The van der Waals surface area contributed by atoms with E-state index in [4.69, 9.17) is 5.73 Å². The Labute approximate surface area is 94.5 Å². The van der Waals surface area contributed by atoms with E-state index in [1.54, 1.807) is 6.20 Å². The average molecular weight is 214 g/mol. The van der Waals surface area contributed by atoms with Crippen LogP contribution in [-0.4, -0.2) is 9.97 Å². The average Bonchev–Trinajstić information content (AvgIpc) is 2.32. The van der Waals surface area contributed by atoms with Crippen molar-refractivity contribution in [1.29, 1.82) is 0 Å². The van der Waals surface area contributed by atoms with Gasteiger partial charge in [-0.3, -0.25) is 0 Å². The van der Waals surface area contributed by atoms with Crippen LogP contribution in [0, 0.1) is 0 Å². The molecule has 1 aromatic carbocycles. The van der Waals surface area contributed by atoms with Gasteiger partial charge in [0, 0.05) is 5.69 Å². The third-order valence-electron chi connectivity index (χ3n) is 2.34. The smallest absolute Gasteiger partial charge is 0.157 e. The summed E-state index contributed by atoms with van der Waals surface area (Å²) in [4.78, 5) is 7.93. The molecule has 0 fully saturated rings. The molecule has 2 aromatic rings. The van der Waals surface area contributed by atoms with Crippen molar-refractivity contribution in [2.24, 2.45) is 0 Å². The van der Waals surface area contributed by atoms with Gasteiger partial charge in [0.15, 0.2) is 5.82 Å². The molecule has 0 bridgehead atoms. The highest BCUT2D eigenvalue weighted by Gasteiger charge is 2.00. The van der Waals surface area contributed by atoms with Crippen molar-refractivity contribution in [2.75, 3.05) is 11.1 Å². The lowest BCUT2D eigenvalue weighted by molar-refractivity contribution is 1.14. The summed E-state index contributed by atoms with van der Waals surface area (Å²) in [5.41, 5.74) is 8.56. The summed E-state index contributed by atoms with van der Waals surface area (Å²) in [6.07, 6.45) is 4.07. The number of aryl methyl sites for hydroxylation is 1. The normalized spacial score (nSPS) is 10.1. The Kier molecular flexibility index (Phi) is 3.00. The second-order valence-corrected chi connectivity index (χ2v) is 3.51. The van der Waals surface area contributed by atoms with Crippen molar-refractivity contribution < 1.29 is 0 Å². The number of benzene rings is 1. The Morgan fingerprint density at radius 3 is 3.00 bits per heavy atom. The largest absolute Gasteiger partial charge is 0.394 e. The minimum Gasteiger partial charge on any atom is -0.394 e.